The lowest BCUT2D eigenvalue weighted by atomic mass is 10.1. The first kappa shape index (κ1) is 20.7. The summed E-state index contributed by atoms with van der Waals surface area (Å²) in [5.74, 6) is 0.280. The van der Waals surface area contributed by atoms with Crippen molar-refractivity contribution in [2.75, 3.05) is 24.8 Å². The number of nitrogens with one attached hydrogen (secondary N) is 1. The Morgan fingerprint density at radius 3 is 2.94 bits per heavy atom. The van der Waals surface area contributed by atoms with Crippen molar-refractivity contribution in [1.82, 2.24) is 19.4 Å². The quantitative estimate of drug-likeness (QED) is 0.406. The van der Waals surface area contributed by atoms with E-state index in [2.05, 4.69) is 15.5 Å². The lowest BCUT2D eigenvalue weighted by molar-refractivity contribution is 0.102. The summed E-state index contributed by atoms with van der Waals surface area (Å²) in [5.41, 5.74) is 8.60. The van der Waals surface area contributed by atoms with Gasteiger partial charge in [-0.3, -0.25) is 9.48 Å². The maximum absolute atomic E-state index is 13.2. The summed E-state index contributed by atoms with van der Waals surface area (Å²) in [6, 6.07) is 10.6. The smallest absolute Gasteiger partial charge is 0.261 e. The lowest BCUT2D eigenvalue weighted by Crippen LogP contribution is -2.14. The van der Waals surface area contributed by atoms with E-state index in [1.807, 2.05) is 6.07 Å². The van der Waals surface area contributed by atoms with E-state index in [4.69, 9.17) is 22.1 Å². The summed E-state index contributed by atoms with van der Waals surface area (Å²) in [5, 5.41) is 21.2. The van der Waals surface area contributed by atoms with Crippen LogP contribution in [0.15, 0.2) is 48.8 Å². The third kappa shape index (κ3) is 3.92. The molecule has 4 aromatic rings. The number of carbonyl (C=O) groups is 1. The van der Waals surface area contributed by atoms with Gasteiger partial charge in [-0.2, -0.15) is 5.10 Å². The molecule has 1 amide bonds. The molecule has 0 spiro atoms. The van der Waals surface area contributed by atoms with Gasteiger partial charge in [-0.15, -0.1) is 5.10 Å². The van der Waals surface area contributed by atoms with Gasteiger partial charge in [-0.1, -0.05) is 17.7 Å². The van der Waals surface area contributed by atoms with Gasteiger partial charge < -0.3 is 20.9 Å². The zero-order valence-corrected chi connectivity index (χ0v) is 17.5. The molecule has 3 aromatic heterocycles. The number of ether oxygens (including phenoxy) is 1. The van der Waals surface area contributed by atoms with E-state index in [0.717, 1.165) is 0 Å². The van der Waals surface area contributed by atoms with Gasteiger partial charge in [0.25, 0.3) is 5.91 Å². The maximum Gasteiger partial charge on any atom is 0.261 e. The van der Waals surface area contributed by atoms with Gasteiger partial charge in [-0.25, -0.2) is 4.52 Å². The number of amides is 1. The topological polar surface area (TPSA) is 120 Å². The van der Waals surface area contributed by atoms with E-state index in [0.29, 0.717) is 46.2 Å². The molecule has 1 aromatic carbocycles. The predicted octanol–water partition coefficient (Wildman–Crippen LogP) is 3.08. The fourth-order valence-corrected chi connectivity index (χ4v) is 3.62. The Kier molecular flexibility index (Phi) is 5.79. The number of aliphatic hydroxyl groups is 1. The first-order valence-electron chi connectivity index (χ1n) is 9.58. The number of nitrogen functional groups attached to an aromatic ring is 1. The number of hydrogen-bond acceptors (Lipinski definition) is 6. The van der Waals surface area contributed by atoms with E-state index in [1.54, 1.807) is 59.0 Å². The summed E-state index contributed by atoms with van der Waals surface area (Å²) in [4.78, 5) is 13.2. The number of nitrogens with zero attached hydrogens (tertiary/aromatic N) is 4. The van der Waals surface area contributed by atoms with Crippen molar-refractivity contribution < 1.29 is 14.6 Å². The Morgan fingerprint density at radius 2 is 2.16 bits per heavy atom. The summed E-state index contributed by atoms with van der Waals surface area (Å²) >= 11 is 6.23. The molecule has 0 radical (unpaired) electrons. The molecule has 9 nitrogen and oxygen atoms in total. The number of benzene rings is 1. The molecule has 0 aliphatic rings. The highest BCUT2D eigenvalue weighted by Gasteiger charge is 2.23. The molecule has 4 N–H and O–H groups in total. The van der Waals surface area contributed by atoms with E-state index >= 15 is 0 Å². The van der Waals surface area contributed by atoms with Crippen LogP contribution in [0.1, 0.15) is 16.8 Å². The van der Waals surface area contributed by atoms with Gasteiger partial charge >= 0.3 is 0 Å². The second-order valence-corrected chi connectivity index (χ2v) is 7.23. The number of pyridine rings is 1. The zero-order valence-electron chi connectivity index (χ0n) is 16.7. The van der Waals surface area contributed by atoms with Crippen molar-refractivity contribution in [2.45, 2.75) is 13.0 Å². The molecule has 0 unspecified atom stereocenters. The van der Waals surface area contributed by atoms with Gasteiger partial charge in [0.15, 0.2) is 5.82 Å². The fraction of sp³-hybridized carbons (Fsp3) is 0.190. The van der Waals surface area contributed by atoms with Crippen molar-refractivity contribution in [3.63, 3.8) is 0 Å². The summed E-state index contributed by atoms with van der Waals surface area (Å²) < 4.78 is 8.74. The number of aliphatic hydroxyl groups excluding tert-OH is 1. The van der Waals surface area contributed by atoms with E-state index in [9.17, 15) is 9.90 Å². The monoisotopic (exact) mass is 440 g/mol. The molecule has 0 saturated heterocycles. The van der Waals surface area contributed by atoms with Crippen LogP contribution in [-0.2, 0) is 6.54 Å². The molecule has 3 heterocycles. The molecule has 0 aliphatic carbocycles. The standard InChI is InChI=1S/C21H21ClN6O3/c1-31-17-7-6-13(22)11-14(17)19-15(12-24-28(19)9-4-10-29)25-21(30)18-16-5-2-3-8-27(16)26-20(18)23/h2-3,5-8,11-12,29H,4,9-10H2,1H3,(H2,23,26)(H,25,30). The molecular weight excluding hydrogens is 420 g/mol. The zero-order chi connectivity index (χ0) is 22.0. The normalized spacial score (nSPS) is 11.1. The minimum absolute atomic E-state index is 0.00655. The second-order valence-electron chi connectivity index (χ2n) is 6.80. The van der Waals surface area contributed by atoms with Crippen LogP contribution in [0.2, 0.25) is 5.02 Å². The van der Waals surface area contributed by atoms with Crippen LogP contribution < -0.4 is 15.8 Å². The average molecular weight is 441 g/mol. The minimum Gasteiger partial charge on any atom is -0.496 e. The molecule has 160 valence electrons. The Labute approximate surface area is 183 Å². The number of nitrogens with two attached hydrogens (primary N) is 1. The van der Waals surface area contributed by atoms with Gasteiger partial charge in [0, 0.05) is 29.9 Å². The molecule has 0 atom stereocenters. The number of methoxy groups -OCH3 is 1. The summed E-state index contributed by atoms with van der Waals surface area (Å²) in [7, 11) is 1.55. The fourth-order valence-electron chi connectivity index (χ4n) is 3.45. The largest absolute Gasteiger partial charge is 0.496 e. The van der Waals surface area contributed by atoms with Crippen LogP contribution in [0.5, 0.6) is 5.75 Å². The van der Waals surface area contributed by atoms with Gasteiger partial charge in [0.2, 0.25) is 0 Å². The van der Waals surface area contributed by atoms with Gasteiger partial charge in [-0.05, 0) is 36.8 Å². The van der Waals surface area contributed by atoms with Crippen LogP contribution in [0.4, 0.5) is 11.5 Å². The number of rotatable bonds is 7. The number of fused-ring (bicyclic) bond motifs is 1. The molecule has 0 fully saturated rings. The first-order chi connectivity index (χ1) is 15.0. The summed E-state index contributed by atoms with van der Waals surface area (Å²) in [6.45, 7) is 0.447. The number of anilines is 2. The average Bonchev–Trinajstić information content (AvgIpc) is 3.31. The van der Waals surface area contributed by atoms with Crippen molar-refractivity contribution in [1.29, 1.82) is 0 Å². The van der Waals surface area contributed by atoms with Gasteiger partial charge in [0.1, 0.15) is 11.3 Å². The van der Waals surface area contributed by atoms with Crippen LogP contribution >= 0.6 is 11.6 Å². The van der Waals surface area contributed by atoms with Gasteiger partial charge in [0.05, 0.1) is 30.2 Å². The van der Waals surface area contributed by atoms with E-state index < -0.39 is 5.91 Å². The number of carbonyl (C=O) groups excluding carboxylic acids is 1. The second kappa shape index (κ2) is 8.66. The molecule has 31 heavy (non-hydrogen) atoms. The Morgan fingerprint density at radius 1 is 1.32 bits per heavy atom. The van der Waals surface area contributed by atoms with Crippen molar-refractivity contribution >= 4 is 34.5 Å². The summed E-state index contributed by atoms with van der Waals surface area (Å²) in [6.07, 6.45) is 3.76. The van der Waals surface area contributed by atoms with Crippen LogP contribution in [-0.4, -0.2) is 44.1 Å². The van der Waals surface area contributed by atoms with Crippen LogP contribution in [0.3, 0.4) is 0 Å². The Balaban J connectivity index is 1.79. The Hall–Kier alpha value is -3.56. The maximum atomic E-state index is 13.2. The third-order valence-electron chi connectivity index (χ3n) is 4.83. The van der Waals surface area contributed by atoms with Crippen molar-refractivity contribution in [3.05, 3.63) is 59.4 Å². The molecule has 0 saturated carbocycles. The SMILES string of the molecule is COc1ccc(Cl)cc1-c1c(NC(=O)c2c(N)nn3ccccc23)cnn1CCCO. The number of aryl methyl sites for hydroxylation is 1. The van der Waals surface area contributed by atoms with Crippen LogP contribution in [0.25, 0.3) is 16.8 Å². The van der Waals surface area contributed by atoms with Crippen molar-refractivity contribution in [2.24, 2.45) is 0 Å². The number of aromatic nitrogens is 4. The number of halogens is 1. The molecule has 0 aliphatic heterocycles. The number of hydrogen-bond donors (Lipinski definition) is 3. The first-order valence-corrected chi connectivity index (χ1v) is 9.96. The molecule has 0 bridgehead atoms. The predicted molar refractivity (Wildman–Crippen MR) is 118 cm³/mol. The highest BCUT2D eigenvalue weighted by molar-refractivity contribution is 6.31. The van der Waals surface area contributed by atoms with E-state index in [1.165, 1.54) is 0 Å². The molecule has 4 rings (SSSR count). The van der Waals surface area contributed by atoms with Crippen molar-refractivity contribution in [3.8, 4) is 17.0 Å². The highest BCUT2D eigenvalue weighted by Crippen LogP contribution is 2.37. The van der Waals surface area contributed by atoms with E-state index in [-0.39, 0.29) is 18.0 Å². The van der Waals surface area contributed by atoms with Crippen LogP contribution in [0, 0.1) is 0 Å². The Bertz CT molecular complexity index is 1250. The molecular formula is C21H21ClN6O3. The molecule has 10 heteroatoms. The third-order valence-corrected chi connectivity index (χ3v) is 5.06. The highest BCUT2D eigenvalue weighted by atomic mass is 35.5. The lowest BCUT2D eigenvalue weighted by Gasteiger charge is -2.14. The minimum atomic E-state index is -0.414.